The Morgan fingerprint density at radius 2 is 1.96 bits per heavy atom. The summed E-state index contributed by atoms with van der Waals surface area (Å²) >= 11 is 0. The summed E-state index contributed by atoms with van der Waals surface area (Å²) in [7, 11) is 1.27. The highest BCUT2D eigenvalue weighted by molar-refractivity contribution is 5.89. The summed E-state index contributed by atoms with van der Waals surface area (Å²) in [5, 5.41) is 2.86. The summed E-state index contributed by atoms with van der Waals surface area (Å²) in [5.41, 5.74) is -0.860. The van der Waals surface area contributed by atoms with Gasteiger partial charge in [0.1, 0.15) is 5.69 Å². The van der Waals surface area contributed by atoms with E-state index in [4.69, 9.17) is 0 Å². The van der Waals surface area contributed by atoms with Crippen molar-refractivity contribution in [3.05, 3.63) is 69.1 Å². The number of methoxy groups -OCH3 is 1. The summed E-state index contributed by atoms with van der Waals surface area (Å²) in [6, 6.07) is 8.75. The van der Waals surface area contributed by atoms with Crippen molar-refractivity contribution in [1.82, 2.24) is 10.3 Å². The van der Waals surface area contributed by atoms with Gasteiger partial charge < -0.3 is 15.0 Å². The standard InChI is InChI=1S/C16H15F3N2O3/c1-24-15(23)11-4-2-3-10(7-11)8-20-9-12-5-6-13(22)21-14(12)16(17,18)19/h2-7,20H,8-9H2,1H3,(H,21,22). The minimum atomic E-state index is -4.64. The SMILES string of the molecule is COC(=O)c1cccc(CNCc2ccc(=O)[nH]c2C(F)(F)F)c1. The molecule has 8 heteroatoms. The fraction of sp³-hybridized carbons (Fsp3) is 0.250. The molecule has 5 nitrogen and oxygen atoms in total. The largest absolute Gasteiger partial charge is 0.465 e. The molecule has 1 aromatic carbocycles. The molecular formula is C16H15F3N2O3. The molecule has 0 radical (unpaired) electrons. The molecule has 1 heterocycles. The molecule has 0 aliphatic carbocycles. The topological polar surface area (TPSA) is 71.2 Å². The summed E-state index contributed by atoms with van der Waals surface area (Å²) in [5.74, 6) is -0.489. The van der Waals surface area contributed by atoms with Crippen LogP contribution in [0.15, 0.2) is 41.2 Å². The molecule has 2 rings (SSSR count). The molecule has 1 aromatic heterocycles. The predicted octanol–water partition coefficient (Wildman–Crippen LogP) is 2.47. The minimum absolute atomic E-state index is 0.0637. The van der Waals surface area contributed by atoms with Crippen LogP contribution in [0.1, 0.15) is 27.2 Å². The van der Waals surface area contributed by atoms with Crippen molar-refractivity contribution >= 4 is 5.97 Å². The van der Waals surface area contributed by atoms with Crippen LogP contribution in [0, 0.1) is 0 Å². The van der Waals surface area contributed by atoms with Gasteiger partial charge in [0.15, 0.2) is 0 Å². The second-order valence-corrected chi connectivity index (χ2v) is 5.02. The molecule has 0 saturated heterocycles. The van der Waals surface area contributed by atoms with E-state index in [0.717, 1.165) is 17.7 Å². The van der Waals surface area contributed by atoms with Crippen LogP contribution in [0.5, 0.6) is 0 Å². The van der Waals surface area contributed by atoms with Gasteiger partial charge in [-0.2, -0.15) is 13.2 Å². The Bertz CT molecular complexity index is 785. The van der Waals surface area contributed by atoms with Crippen molar-refractivity contribution in [2.24, 2.45) is 0 Å². The van der Waals surface area contributed by atoms with Crippen molar-refractivity contribution < 1.29 is 22.7 Å². The molecule has 0 saturated carbocycles. The highest BCUT2D eigenvalue weighted by Gasteiger charge is 2.34. The lowest BCUT2D eigenvalue weighted by Gasteiger charge is -2.13. The normalized spacial score (nSPS) is 11.3. The number of aromatic amines is 1. The second-order valence-electron chi connectivity index (χ2n) is 5.02. The highest BCUT2D eigenvalue weighted by Crippen LogP contribution is 2.29. The average molecular weight is 340 g/mol. The van der Waals surface area contributed by atoms with Gasteiger partial charge in [0.05, 0.1) is 12.7 Å². The molecule has 0 spiro atoms. The number of ether oxygens (including phenoxy) is 1. The van der Waals surface area contributed by atoms with Crippen LogP contribution in [-0.2, 0) is 24.0 Å². The highest BCUT2D eigenvalue weighted by atomic mass is 19.4. The smallest absolute Gasteiger partial charge is 0.431 e. The molecule has 0 amide bonds. The van der Waals surface area contributed by atoms with Crippen LogP contribution in [0.25, 0.3) is 0 Å². The zero-order chi connectivity index (χ0) is 17.7. The van der Waals surface area contributed by atoms with Crippen molar-refractivity contribution in [2.45, 2.75) is 19.3 Å². The lowest BCUT2D eigenvalue weighted by atomic mass is 10.1. The third-order valence-electron chi connectivity index (χ3n) is 3.28. The van der Waals surface area contributed by atoms with Gasteiger partial charge in [-0.25, -0.2) is 4.79 Å². The maximum absolute atomic E-state index is 12.9. The quantitative estimate of drug-likeness (QED) is 0.821. The number of carbonyl (C=O) groups is 1. The number of benzene rings is 1. The molecule has 24 heavy (non-hydrogen) atoms. The average Bonchev–Trinajstić information content (AvgIpc) is 2.55. The number of carbonyl (C=O) groups excluding carboxylic acids is 1. The lowest BCUT2D eigenvalue weighted by molar-refractivity contribution is -0.142. The van der Waals surface area contributed by atoms with E-state index < -0.39 is 23.4 Å². The van der Waals surface area contributed by atoms with E-state index in [1.54, 1.807) is 24.3 Å². The number of H-pyrrole nitrogens is 1. The molecular weight excluding hydrogens is 325 g/mol. The number of nitrogens with one attached hydrogen (secondary N) is 2. The van der Waals surface area contributed by atoms with Crippen molar-refractivity contribution in [3.63, 3.8) is 0 Å². The Morgan fingerprint density at radius 3 is 2.62 bits per heavy atom. The second kappa shape index (κ2) is 7.31. The third kappa shape index (κ3) is 4.45. The van der Waals surface area contributed by atoms with Crippen LogP contribution in [0.4, 0.5) is 13.2 Å². The van der Waals surface area contributed by atoms with E-state index in [9.17, 15) is 22.8 Å². The molecule has 128 valence electrons. The van der Waals surface area contributed by atoms with E-state index in [1.807, 2.05) is 4.98 Å². The van der Waals surface area contributed by atoms with Crippen molar-refractivity contribution in [1.29, 1.82) is 0 Å². The van der Waals surface area contributed by atoms with E-state index >= 15 is 0 Å². The summed E-state index contributed by atoms with van der Waals surface area (Å²) in [6.45, 7) is 0.162. The molecule has 0 bridgehead atoms. The summed E-state index contributed by atoms with van der Waals surface area (Å²) in [6.07, 6.45) is -4.64. The van der Waals surface area contributed by atoms with E-state index in [1.165, 1.54) is 7.11 Å². The van der Waals surface area contributed by atoms with Crippen LogP contribution in [0.3, 0.4) is 0 Å². The zero-order valence-electron chi connectivity index (χ0n) is 12.7. The Hall–Kier alpha value is -2.61. The van der Waals surface area contributed by atoms with Gasteiger partial charge in [-0.15, -0.1) is 0 Å². The van der Waals surface area contributed by atoms with E-state index in [2.05, 4.69) is 10.1 Å². The summed E-state index contributed by atoms with van der Waals surface area (Å²) < 4.78 is 43.3. The van der Waals surface area contributed by atoms with Gasteiger partial charge in [0.2, 0.25) is 5.56 Å². The fourth-order valence-electron chi connectivity index (χ4n) is 2.17. The summed E-state index contributed by atoms with van der Waals surface area (Å²) in [4.78, 5) is 24.4. The van der Waals surface area contributed by atoms with Crippen LogP contribution in [0.2, 0.25) is 0 Å². The van der Waals surface area contributed by atoms with Crippen LogP contribution in [-0.4, -0.2) is 18.1 Å². The first-order chi connectivity index (χ1) is 11.3. The van der Waals surface area contributed by atoms with Gasteiger partial charge in [0.25, 0.3) is 0 Å². The predicted molar refractivity (Wildman–Crippen MR) is 80.4 cm³/mol. The molecule has 0 unspecified atom stereocenters. The van der Waals surface area contributed by atoms with Gasteiger partial charge in [-0.3, -0.25) is 4.79 Å². The van der Waals surface area contributed by atoms with Gasteiger partial charge in [-0.1, -0.05) is 18.2 Å². The van der Waals surface area contributed by atoms with Gasteiger partial charge in [-0.05, 0) is 23.3 Å². The van der Waals surface area contributed by atoms with Crippen LogP contribution >= 0.6 is 0 Å². The maximum atomic E-state index is 12.9. The Labute approximate surface area is 135 Å². The Morgan fingerprint density at radius 1 is 1.21 bits per heavy atom. The van der Waals surface area contributed by atoms with Crippen molar-refractivity contribution in [3.8, 4) is 0 Å². The minimum Gasteiger partial charge on any atom is -0.465 e. The molecule has 2 N–H and O–H groups in total. The lowest BCUT2D eigenvalue weighted by Crippen LogP contribution is -2.22. The fourth-order valence-corrected chi connectivity index (χ4v) is 2.17. The molecule has 0 aliphatic heterocycles. The number of aromatic nitrogens is 1. The number of hydrogen-bond acceptors (Lipinski definition) is 4. The van der Waals surface area contributed by atoms with Crippen LogP contribution < -0.4 is 10.9 Å². The maximum Gasteiger partial charge on any atom is 0.431 e. The molecule has 0 aliphatic rings. The van der Waals surface area contributed by atoms with E-state index in [0.29, 0.717) is 5.56 Å². The van der Waals surface area contributed by atoms with Gasteiger partial charge in [0, 0.05) is 19.2 Å². The Kier molecular flexibility index (Phi) is 5.40. The Balaban J connectivity index is 2.08. The third-order valence-corrected chi connectivity index (χ3v) is 3.28. The van der Waals surface area contributed by atoms with Gasteiger partial charge >= 0.3 is 12.1 Å². The number of hydrogen-bond donors (Lipinski definition) is 2. The first kappa shape index (κ1) is 17.7. The first-order valence-electron chi connectivity index (χ1n) is 6.98. The molecule has 0 atom stereocenters. The number of esters is 1. The number of halogens is 3. The van der Waals surface area contributed by atoms with E-state index in [-0.39, 0.29) is 18.7 Å². The molecule has 0 fully saturated rings. The monoisotopic (exact) mass is 340 g/mol. The number of pyridine rings is 1. The molecule has 2 aromatic rings. The van der Waals surface area contributed by atoms with Crippen molar-refractivity contribution in [2.75, 3.05) is 7.11 Å². The first-order valence-corrected chi connectivity index (χ1v) is 6.98. The number of alkyl halides is 3. The number of rotatable bonds is 5. The zero-order valence-corrected chi connectivity index (χ0v) is 12.7.